The van der Waals surface area contributed by atoms with Crippen molar-refractivity contribution in [3.63, 3.8) is 0 Å². The quantitative estimate of drug-likeness (QED) is 0.170. The number of nitrogens with one attached hydrogen (secondary N) is 2. The molecular weight excluding hydrogens is 605 g/mol. The highest BCUT2D eigenvalue weighted by atomic mass is 127. The van der Waals surface area contributed by atoms with E-state index in [2.05, 4.69) is 10.6 Å². The summed E-state index contributed by atoms with van der Waals surface area (Å²) in [6.07, 6.45) is 1.47. The standard InChI is InChI=1S/C28H25ClIN3O4/c1-16-5-8-24(18(3)9-16)33-28(35)20(14-31)10-19-11-23(30)27(25(12-19)36-4)37-15-26(34)32-21-7-6-17(2)22(29)13-21/h5-13H,15H2,1-4H3,(H,32,34)(H,33,35)/b20-10+. The average molecular weight is 630 g/mol. The molecule has 0 fully saturated rings. The van der Waals surface area contributed by atoms with E-state index in [4.69, 9.17) is 21.1 Å². The predicted molar refractivity (Wildman–Crippen MR) is 154 cm³/mol. The normalized spacial score (nSPS) is 10.9. The minimum absolute atomic E-state index is 0.0670. The van der Waals surface area contributed by atoms with E-state index in [0.29, 0.717) is 37.0 Å². The molecule has 0 spiro atoms. The van der Waals surface area contributed by atoms with Crippen LogP contribution >= 0.6 is 34.2 Å². The number of carbonyl (C=O) groups excluding carboxylic acids is 2. The Kier molecular flexibility index (Phi) is 9.55. The van der Waals surface area contributed by atoms with Crippen molar-refractivity contribution in [2.24, 2.45) is 0 Å². The van der Waals surface area contributed by atoms with Crippen LogP contribution in [0, 0.1) is 35.7 Å². The number of benzene rings is 3. The van der Waals surface area contributed by atoms with Crippen LogP contribution in [0.2, 0.25) is 5.02 Å². The van der Waals surface area contributed by atoms with E-state index in [9.17, 15) is 14.9 Å². The Morgan fingerprint density at radius 1 is 1.05 bits per heavy atom. The lowest BCUT2D eigenvalue weighted by molar-refractivity contribution is -0.118. The van der Waals surface area contributed by atoms with Crippen LogP contribution in [-0.4, -0.2) is 25.5 Å². The molecule has 0 saturated carbocycles. The molecule has 0 radical (unpaired) electrons. The summed E-state index contributed by atoms with van der Waals surface area (Å²) in [7, 11) is 1.47. The number of halogens is 2. The minimum Gasteiger partial charge on any atom is -0.493 e. The van der Waals surface area contributed by atoms with Crippen molar-refractivity contribution in [3.05, 3.63) is 85.0 Å². The zero-order valence-corrected chi connectivity index (χ0v) is 23.7. The smallest absolute Gasteiger partial charge is 0.266 e. The number of carbonyl (C=O) groups is 2. The number of nitrogens with zero attached hydrogens (tertiary/aromatic N) is 1. The number of hydrogen-bond donors (Lipinski definition) is 2. The van der Waals surface area contributed by atoms with Gasteiger partial charge in [-0.1, -0.05) is 35.4 Å². The van der Waals surface area contributed by atoms with Crippen LogP contribution in [0.5, 0.6) is 11.5 Å². The molecule has 37 heavy (non-hydrogen) atoms. The van der Waals surface area contributed by atoms with E-state index in [1.54, 1.807) is 30.3 Å². The first-order valence-corrected chi connectivity index (χ1v) is 12.6. The second kappa shape index (κ2) is 12.6. The molecule has 2 amide bonds. The van der Waals surface area contributed by atoms with Crippen LogP contribution < -0.4 is 20.1 Å². The van der Waals surface area contributed by atoms with Gasteiger partial charge in [0.15, 0.2) is 18.1 Å². The minimum atomic E-state index is -0.517. The first kappa shape index (κ1) is 28.0. The first-order chi connectivity index (χ1) is 17.6. The Balaban J connectivity index is 1.74. The molecule has 2 N–H and O–H groups in total. The van der Waals surface area contributed by atoms with Gasteiger partial charge in [0.1, 0.15) is 11.6 Å². The fourth-order valence-corrected chi connectivity index (χ4v) is 4.39. The largest absolute Gasteiger partial charge is 0.493 e. The third-order valence-electron chi connectivity index (χ3n) is 5.36. The van der Waals surface area contributed by atoms with Crippen molar-refractivity contribution in [1.29, 1.82) is 5.26 Å². The van der Waals surface area contributed by atoms with E-state index < -0.39 is 5.91 Å². The highest BCUT2D eigenvalue weighted by Crippen LogP contribution is 2.35. The van der Waals surface area contributed by atoms with Gasteiger partial charge in [-0.25, -0.2) is 0 Å². The van der Waals surface area contributed by atoms with E-state index in [1.807, 2.05) is 67.6 Å². The van der Waals surface area contributed by atoms with Crippen LogP contribution in [0.1, 0.15) is 22.3 Å². The Morgan fingerprint density at radius 3 is 2.46 bits per heavy atom. The van der Waals surface area contributed by atoms with Gasteiger partial charge in [-0.2, -0.15) is 5.26 Å². The summed E-state index contributed by atoms with van der Waals surface area (Å²) in [5.74, 6) is -0.153. The summed E-state index contributed by atoms with van der Waals surface area (Å²) in [4.78, 5) is 25.1. The van der Waals surface area contributed by atoms with Gasteiger partial charge < -0.3 is 20.1 Å². The number of hydrogen-bond acceptors (Lipinski definition) is 5. The fourth-order valence-electron chi connectivity index (χ4n) is 3.43. The van der Waals surface area contributed by atoms with Gasteiger partial charge in [0, 0.05) is 16.4 Å². The topological polar surface area (TPSA) is 100 Å². The maximum atomic E-state index is 12.7. The Labute approximate surface area is 234 Å². The van der Waals surface area contributed by atoms with E-state index in [-0.39, 0.29) is 18.1 Å². The summed E-state index contributed by atoms with van der Waals surface area (Å²) >= 11 is 8.16. The monoisotopic (exact) mass is 629 g/mol. The van der Waals surface area contributed by atoms with Gasteiger partial charge in [-0.3, -0.25) is 9.59 Å². The lowest BCUT2D eigenvalue weighted by atomic mass is 10.1. The molecule has 3 aromatic rings. The van der Waals surface area contributed by atoms with Crippen molar-refractivity contribution >= 4 is 63.5 Å². The van der Waals surface area contributed by atoms with Crippen molar-refractivity contribution in [2.45, 2.75) is 20.8 Å². The Morgan fingerprint density at radius 2 is 1.81 bits per heavy atom. The maximum Gasteiger partial charge on any atom is 0.266 e. The highest BCUT2D eigenvalue weighted by Gasteiger charge is 2.16. The number of rotatable bonds is 8. The van der Waals surface area contributed by atoms with E-state index in [0.717, 1.165) is 16.7 Å². The van der Waals surface area contributed by atoms with Crippen molar-refractivity contribution in [3.8, 4) is 17.6 Å². The molecule has 0 aliphatic heterocycles. The van der Waals surface area contributed by atoms with Crippen molar-refractivity contribution in [2.75, 3.05) is 24.4 Å². The summed E-state index contributed by atoms with van der Waals surface area (Å²) in [5, 5.41) is 15.7. The van der Waals surface area contributed by atoms with E-state index in [1.165, 1.54) is 13.2 Å². The maximum absolute atomic E-state index is 12.7. The van der Waals surface area contributed by atoms with Crippen LogP contribution in [0.4, 0.5) is 11.4 Å². The zero-order valence-electron chi connectivity index (χ0n) is 20.7. The number of ether oxygens (including phenoxy) is 2. The molecule has 7 nitrogen and oxygen atoms in total. The van der Waals surface area contributed by atoms with Gasteiger partial charge in [-0.05, 0) is 96.5 Å². The number of anilines is 2. The molecular formula is C28H25ClIN3O4. The van der Waals surface area contributed by atoms with E-state index >= 15 is 0 Å². The number of aryl methyl sites for hydroxylation is 3. The summed E-state index contributed by atoms with van der Waals surface area (Å²) in [6.45, 7) is 5.48. The Hall–Kier alpha value is -3.55. The first-order valence-electron chi connectivity index (χ1n) is 11.2. The molecule has 3 aromatic carbocycles. The third-order valence-corrected chi connectivity index (χ3v) is 6.57. The fraction of sp³-hybridized carbons (Fsp3) is 0.179. The lowest BCUT2D eigenvalue weighted by Crippen LogP contribution is -2.20. The van der Waals surface area contributed by atoms with Gasteiger partial charge in [0.25, 0.3) is 11.8 Å². The van der Waals surface area contributed by atoms with Crippen molar-refractivity contribution < 1.29 is 19.1 Å². The number of amides is 2. The van der Waals surface area contributed by atoms with Gasteiger partial charge in [-0.15, -0.1) is 0 Å². The molecule has 0 atom stereocenters. The lowest BCUT2D eigenvalue weighted by Gasteiger charge is -2.14. The summed E-state index contributed by atoms with van der Waals surface area (Å²) in [5.41, 5.74) is 4.59. The number of nitriles is 1. The molecule has 0 saturated heterocycles. The van der Waals surface area contributed by atoms with Crippen molar-refractivity contribution in [1.82, 2.24) is 0 Å². The third kappa shape index (κ3) is 7.47. The molecule has 0 unspecified atom stereocenters. The molecule has 9 heteroatoms. The van der Waals surface area contributed by atoms with Gasteiger partial charge in [0.2, 0.25) is 0 Å². The number of methoxy groups -OCH3 is 1. The van der Waals surface area contributed by atoms with Crippen LogP contribution in [0.25, 0.3) is 6.08 Å². The highest BCUT2D eigenvalue weighted by molar-refractivity contribution is 14.1. The summed E-state index contributed by atoms with van der Waals surface area (Å²) < 4.78 is 11.8. The van der Waals surface area contributed by atoms with Crippen LogP contribution in [0.3, 0.4) is 0 Å². The van der Waals surface area contributed by atoms with Crippen LogP contribution in [0.15, 0.2) is 54.1 Å². The zero-order chi connectivity index (χ0) is 27.1. The molecule has 0 heterocycles. The molecule has 0 bridgehead atoms. The second-order valence-corrected chi connectivity index (χ2v) is 9.85. The predicted octanol–water partition coefficient (Wildman–Crippen LogP) is 6.44. The molecule has 0 aliphatic rings. The summed E-state index contributed by atoms with van der Waals surface area (Å²) in [6, 6.07) is 16.2. The molecule has 0 aromatic heterocycles. The molecule has 0 aliphatic carbocycles. The molecule has 3 rings (SSSR count). The Bertz CT molecular complexity index is 1430. The van der Waals surface area contributed by atoms with Gasteiger partial charge >= 0.3 is 0 Å². The average Bonchev–Trinajstić information content (AvgIpc) is 2.85. The van der Waals surface area contributed by atoms with Gasteiger partial charge in [0.05, 0.1) is 10.7 Å². The second-order valence-electron chi connectivity index (χ2n) is 8.28. The van der Waals surface area contributed by atoms with Crippen LogP contribution in [-0.2, 0) is 9.59 Å². The molecule has 190 valence electrons. The SMILES string of the molecule is COc1cc(/C=C(\C#N)C(=O)Nc2ccc(C)cc2C)cc(I)c1OCC(=O)Nc1ccc(C)c(Cl)c1.